The number of phenols is 1. The average molecular weight is 1050 g/mol. The summed E-state index contributed by atoms with van der Waals surface area (Å²) in [7, 11) is 0. The minimum atomic E-state index is -5.17. The molecule has 0 aliphatic rings. The highest BCUT2D eigenvalue weighted by Crippen LogP contribution is 2.42. The largest absolute Gasteiger partial charge is 0.508 e. The summed E-state index contributed by atoms with van der Waals surface area (Å²) in [4.78, 5) is 28.4. The molecule has 0 aliphatic heterocycles. The average Bonchev–Trinajstić information content (AvgIpc) is 3.29. The second kappa shape index (κ2) is 22.2. The van der Waals surface area contributed by atoms with Gasteiger partial charge in [-0.25, -0.2) is 32.0 Å². The second-order valence-electron chi connectivity index (χ2n) is 15.9. The second-order valence-corrected chi connectivity index (χ2v) is 15.9. The molecule has 0 aliphatic carbocycles. The van der Waals surface area contributed by atoms with Crippen LogP contribution in [0.5, 0.6) is 5.75 Å². The van der Waals surface area contributed by atoms with E-state index in [0.29, 0.717) is 41.5 Å². The molecule has 24 heteroatoms. The third-order valence-corrected chi connectivity index (χ3v) is 10.6. The summed E-state index contributed by atoms with van der Waals surface area (Å²) in [6.45, 7) is 3.68. The number of amides is 4. The van der Waals surface area contributed by atoms with Gasteiger partial charge in [-0.05, 0) is 81.9 Å². The van der Waals surface area contributed by atoms with Crippen molar-refractivity contribution in [1.29, 1.82) is 0 Å². The Morgan fingerprint density at radius 3 is 1.22 bits per heavy atom. The molecule has 0 saturated carbocycles. The molecule has 0 saturated heterocycles. The molecule has 386 valence electrons. The highest BCUT2D eigenvalue weighted by Gasteiger charge is 2.44. The van der Waals surface area contributed by atoms with Gasteiger partial charge in [-0.2, -0.15) is 52.7 Å². The molecule has 6 aromatic carbocycles. The zero-order valence-electron chi connectivity index (χ0n) is 36.8. The van der Waals surface area contributed by atoms with E-state index in [1.54, 1.807) is 47.0 Å². The Labute approximate surface area is 403 Å². The summed E-state index contributed by atoms with van der Waals surface area (Å²) >= 11 is 0. The number of urea groups is 2. The molecule has 8 nitrogen and oxygen atoms in total. The van der Waals surface area contributed by atoms with Crippen LogP contribution in [0.25, 0.3) is 4.85 Å². The number of carbonyl (C=O) groups excluding carboxylic acids is 2. The number of rotatable bonds is 12. The Morgan fingerprint density at radius 1 is 0.479 bits per heavy atom. The normalized spacial score (nSPS) is 13.5. The highest BCUT2D eigenvalue weighted by atomic mass is 19.4. The van der Waals surface area contributed by atoms with Crippen molar-refractivity contribution in [2.45, 2.75) is 48.6 Å². The van der Waals surface area contributed by atoms with Crippen molar-refractivity contribution in [2.24, 2.45) is 0 Å². The number of hydrogen-bond donors (Lipinski definition) is 5. The number of nitrogens with zero attached hydrogens (tertiary/aromatic N) is 1. The van der Waals surface area contributed by atoms with Gasteiger partial charge in [0, 0.05) is 18.9 Å². The lowest BCUT2D eigenvalue weighted by atomic mass is 9.77. The fraction of sp³-hybridized carbons (Fsp3) is 0.204. The van der Waals surface area contributed by atoms with Gasteiger partial charge in [0.1, 0.15) is 42.1 Å². The van der Waals surface area contributed by atoms with Gasteiger partial charge in [0.25, 0.3) is 0 Å². The predicted molar refractivity (Wildman–Crippen MR) is 231 cm³/mol. The number of nitrogens with one attached hydrogen (secondary N) is 4. The van der Waals surface area contributed by atoms with Crippen molar-refractivity contribution >= 4 is 17.7 Å². The predicted octanol–water partition coefficient (Wildman–Crippen LogP) is 12.9. The number of alkyl halides is 12. The molecular formula is C49H35F16N5O3. The molecule has 0 unspecified atom stereocenters. The molecule has 6 aromatic rings. The van der Waals surface area contributed by atoms with E-state index in [0.717, 1.165) is 42.5 Å². The van der Waals surface area contributed by atoms with Crippen LogP contribution in [0, 0.1) is 29.8 Å². The van der Waals surface area contributed by atoms with Crippen LogP contribution in [0.3, 0.4) is 0 Å². The van der Waals surface area contributed by atoms with E-state index in [-0.39, 0.29) is 16.8 Å². The molecule has 5 N–H and O–H groups in total. The van der Waals surface area contributed by atoms with Gasteiger partial charge in [0.15, 0.2) is 5.69 Å². The first-order chi connectivity index (χ1) is 33.9. The third kappa shape index (κ3) is 15.0. The van der Waals surface area contributed by atoms with Gasteiger partial charge < -0.3 is 26.4 Å². The molecule has 0 aromatic heterocycles. The van der Waals surface area contributed by atoms with Gasteiger partial charge >= 0.3 is 36.8 Å². The molecule has 0 radical (unpaired) electrons. The summed E-state index contributed by atoms with van der Waals surface area (Å²) in [5.41, 5.74) is -8.67. The smallest absolute Gasteiger partial charge is 0.419 e. The number of halogens is 16. The fourth-order valence-electron chi connectivity index (χ4n) is 7.48. The minimum Gasteiger partial charge on any atom is -0.508 e. The lowest BCUT2D eigenvalue weighted by Gasteiger charge is -2.37. The van der Waals surface area contributed by atoms with Crippen molar-refractivity contribution in [3.05, 3.63) is 213 Å². The van der Waals surface area contributed by atoms with Gasteiger partial charge in [0.05, 0.1) is 28.8 Å². The first kappa shape index (κ1) is 56.0. The van der Waals surface area contributed by atoms with Crippen molar-refractivity contribution < 1.29 is 84.9 Å². The number of carbonyl (C=O) groups is 2. The fourth-order valence-corrected chi connectivity index (χ4v) is 7.48. The van der Waals surface area contributed by atoms with Crippen LogP contribution in [-0.2, 0) is 36.3 Å². The zero-order valence-corrected chi connectivity index (χ0v) is 36.8. The van der Waals surface area contributed by atoms with E-state index in [1.807, 2.05) is 0 Å². The Hall–Kier alpha value is -7.97. The lowest BCUT2D eigenvalue weighted by molar-refractivity contribution is -0.140. The van der Waals surface area contributed by atoms with Crippen LogP contribution in [0.15, 0.2) is 133 Å². The van der Waals surface area contributed by atoms with Gasteiger partial charge in [-0.15, -0.1) is 0 Å². The maximum atomic E-state index is 14.5. The molecule has 6 rings (SSSR count). The summed E-state index contributed by atoms with van der Waals surface area (Å²) in [6.07, 6.45) is -20.7. The Bertz CT molecular complexity index is 2920. The van der Waals surface area contributed by atoms with Crippen molar-refractivity contribution in [3.63, 3.8) is 0 Å². The third-order valence-electron chi connectivity index (χ3n) is 10.6. The topological polar surface area (TPSA) is 107 Å². The molecule has 4 amide bonds. The van der Waals surface area contributed by atoms with E-state index in [2.05, 4.69) is 15.5 Å². The lowest BCUT2D eigenvalue weighted by Crippen LogP contribution is -2.53. The van der Waals surface area contributed by atoms with E-state index in [1.165, 1.54) is 24.3 Å². The number of phenolic OH excluding ortho intramolecular Hbond substituents is 1. The maximum absolute atomic E-state index is 14.5. The summed E-state index contributed by atoms with van der Waals surface area (Å²) in [6, 6.07) is 21.3. The zero-order chi connectivity index (χ0) is 54.2. The van der Waals surface area contributed by atoms with Crippen LogP contribution in [-0.4, -0.2) is 42.6 Å². The van der Waals surface area contributed by atoms with Crippen LogP contribution < -0.4 is 21.3 Å². The maximum Gasteiger partial charge on any atom is 0.419 e. The van der Waals surface area contributed by atoms with Gasteiger partial charge in [-0.3, -0.25) is 0 Å². The van der Waals surface area contributed by atoms with E-state index < -0.39 is 125 Å². The quantitative estimate of drug-likeness (QED) is 0.0623. The number of aromatic hydroxyl groups is 1. The first-order valence-corrected chi connectivity index (χ1v) is 20.7. The molecule has 0 heterocycles. The number of hydrogen-bond acceptors (Lipinski definition) is 3. The molecule has 0 spiro atoms. The van der Waals surface area contributed by atoms with Crippen molar-refractivity contribution in [1.82, 2.24) is 21.3 Å². The Morgan fingerprint density at radius 2 is 0.863 bits per heavy atom. The molecule has 0 bridgehead atoms. The molecular weight excluding hydrogens is 1010 g/mol. The van der Waals surface area contributed by atoms with E-state index >= 15 is 0 Å². The van der Waals surface area contributed by atoms with Crippen LogP contribution in [0.1, 0.15) is 44.5 Å². The molecule has 0 fully saturated rings. The van der Waals surface area contributed by atoms with Gasteiger partial charge in [-0.1, -0.05) is 78.9 Å². The van der Waals surface area contributed by atoms with Crippen LogP contribution in [0.2, 0.25) is 0 Å². The summed E-state index contributed by atoms with van der Waals surface area (Å²) < 4.78 is 215. The summed E-state index contributed by atoms with van der Waals surface area (Å²) in [5.74, 6) is -5.97. The minimum absolute atomic E-state index is 0.246. The van der Waals surface area contributed by atoms with E-state index in [9.17, 15) is 84.9 Å². The van der Waals surface area contributed by atoms with Crippen molar-refractivity contribution in [3.8, 4) is 5.75 Å². The molecule has 2 atom stereocenters. The monoisotopic (exact) mass is 1050 g/mol. The van der Waals surface area contributed by atoms with Crippen molar-refractivity contribution in [2.75, 3.05) is 13.1 Å². The van der Waals surface area contributed by atoms with E-state index in [4.69, 9.17) is 6.57 Å². The van der Waals surface area contributed by atoms with Gasteiger partial charge in [0.2, 0.25) is 0 Å². The number of benzene rings is 6. The molecule has 73 heavy (non-hydrogen) atoms. The standard InChI is InChI=1S/C25H17F8N3O.C24H18F8N2O2/c1-34-19-10-17(9-18(26)12-19)23(13-15-5-3-2-4-6-15,36-22(37)35-14-24(28,29)30)16-7-8-21(27)20(11-16)25(31,32)33;25-17-8-16(9-18(35)11-17)22(12-14-4-2-1-3-5-14,34-21(36)33-13-23(27,28)29)15-6-7-20(26)19(10-15)24(30,31)32/h2-12H,13-14H2,(H2,35,36,37);1-11,35H,12-13H2,(H2,33,34,36)/t23-;22-/m11/s1. The Kier molecular flexibility index (Phi) is 17.0. The Balaban J connectivity index is 0.000000271. The summed E-state index contributed by atoms with van der Waals surface area (Å²) in [5, 5.41) is 17.6. The van der Waals surface area contributed by atoms with Crippen LogP contribution >= 0.6 is 0 Å². The first-order valence-electron chi connectivity index (χ1n) is 20.7. The SMILES string of the molecule is O=C(NCC(F)(F)F)N[C@@](Cc1ccccc1)(c1cc(O)cc(F)c1)c1ccc(F)c(C(F)(F)F)c1.[C-]#[N+]c1cc(F)cc([C@](Cc2ccccc2)(NC(=O)NCC(F)(F)F)c2ccc(F)c(C(F)(F)F)c2)c1. The highest BCUT2D eigenvalue weighted by molar-refractivity contribution is 5.77. The van der Waals surface area contributed by atoms with Crippen LogP contribution in [0.4, 0.5) is 85.5 Å².